The Hall–Kier alpha value is -1.32. The van der Waals surface area contributed by atoms with Crippen LogP contribution < -0.4 is 5.32 Å². The lowest BCUT2D eigenvalue weighted by Gasteiger charge is -2.09. The molecule has 1 N–H and O–H groups in total. The quantitative estimate of drug-likeness (QED) is 0.917. The molecule has 4 heteroatoms. The first-order valence-corrected chi connectivity index (χ1v) is 6.63. The fourth-order valence-corrected chi connectivity index (χ4v) is 2.20. The predicted octanol–water partition coefficient (Wildman–Crippen LogP) is 3.09. The summed E-state index contributed by atoms with van der Waals surface area (Å²) < 4.78 is 1.82. The number of nitrogens with one attached hydrogen (secondary N) is 1. The van der Waals surface area contributed by atoms with Crippen LogP contribution in [0.2, 0.25) is 5.02 Å². The summed E-state index contributed by atoms with van der Waals surface area (Å²) in [7, 11) is 0. The van der Waals surface area contributed by atoms with Gasteiger partial charge in [-0.2, -0.15) is 5.10 Å². The molecule has 1 heterocycles. The van der Waals surface area contributed by atoms with E-state index in [1.807, 2.05) is 10.9 Å². The molecule has 94 valence electrons. The molecule has 0 aliphatic heterocycles. The zero-order valence-electron chi connectivity index (χ0n) is 10.4. The highest BCUT2D eigenvalue weighted by atomic mass is 35.5. The minimum Gasteiger partial charge on any atom is -0.310 e. The van der Waals surface area contributed by atoms with Crippen LogP contribution in [0.4, 0.5) is 0 Å². The second-order valence-corrected chi connectivity index (χ2v) is 5.32. The van der Waals surface area contributed by atoms with Crippen LogP contribution in [0.3, 0.4) is 0 Å². The Balaban J connectivity index is 1.79. The van der Waals surface area contributed by atoms with Crippen molar-refractivity contribution in [3.63, 3.8) is 0 Å². The van der Waals surface area contributed by atoms with E-state index in [2.05, 4.69) is 35.5 Å². The Morgan fingerprint density at radius 1 is 1.44 bits per heavy atom. The van der Waals surface area contributed by atoms with Crippen molar-refractivity contribution in [3.05, 3.63) is 46.7 Å². The van der Waals surface area contributed by atoms with Crippen molar-refractivity contribution in [3.8, 4) is 5.69 Å². The molecule has 1 aliphatic rings. The van der Waals surface area contributed by atoms with E-state index in [0.29, 0.717) is 5.02 Å². The number of halogens is 1. The maximum Gasteiger partial charge on any atom is 0.0790 e. The molecule has 18 heavy (non-hydrogen) atoms. The van der Waals surface area contributed by atoms with Crippen molar-refractivity contribution >= 4 is 11.6 Å². The van der Waals surface area contributed by atoms with Crippen LogP contribution in [0.5, 0.6) is 0 Å². The van der Waals surface area contributed by atoms with E-state index in [9.17, 15) is 0 Å². The molecule has 1 aromatic heterocycles. The Labute approximate surface area is 112 Å². The van der Waals surface area contributed by atoms with Gasteiger partial charge >= 0.3 is 0 Å². The zero-order chi connectivity index (χ0) is 12.5. The average Bonchev–Trinajstić information content (AvgIpc) is 3.09. The minimum atomic E-state index is 0.661. The van der Waals surface area contributed by atoms with Crippen LogP contribution in [0, 0.1) is 6.92 Å². The highest BCUT2D eigenvalue weighted by molar-refractivity contribution is 6.30. The lowest BCUT2D eigenvalue weighted by atomic mass is 10.1. The molecule has 3 nitrogen and oxygen atoms in total. The Kier molecular flexibility index (Phi) is 3.10. The molecule has 0 radical (unpaired) electrons. The lowest BCUT2D eigenvalue weighted by molar-refractivity contribution is 0.687. The summed E-state index contributed by atoms with van der Waals surface area (Å²) in [5.41, 5.74) is 3.61. The van der Waals surface area contributed by atoms with Gasteiger partial charge in [0, 0.05) is 18.8 Å². The van der Waals surface area contributed by atoms with E-state index in [1.54, 1.807) is 6.20 Å². The molecule has 2 aromatic rings. The highest BCUT2D eigenvalue weighted by Crippen LogP contribution is 2.21. The van der Waals surface area contributed by atoms with Crippen molar-refractivity contribution < 1.29 is 0 Å². The van der Waals surface area contributed by atoms with Gasteiger partial charge in [-0.3, -0.25) is 0 Å². The second kappa shape index (κ2) is 4.75. The fourth-order valence-electron chi connectivity index (χ4n) is 2.07. The van der Waals surface area contributed by atoms with Gasteiger partial charge in [-0.15, -0.1) is 0 Å². The van der Waals surface area contributed by atoms with Gasteiger partial charge in [-0.25, -0.2) is 4.68 Å². The molecule has 0 amide bonds. The Morgan fingerprint density at radius 3 is 2.89 bits per heavy atom. The number of nitrogens with zero attached hydrogens (tertiary/aromatic N) is 2. The van der Waals surface area contributed by atoms with Crippen LogP contribution >= 0.6 is 11.6 Å². The summed E-state index contributed by atoms with van der Waals surface area (Å²) in [4.78, 5) is 0. The van der Waals surface area contributed by atoms with Crippen molar-refractivity contribution in [2.24, 2.45) is 0 Å². The maximum absolute atomic E-state index is 5.89. The number of aromatic nitrogens is 2. The first kappa shape index (κ1) is 11.8. The van der Waals surface area contributed by atoms with Crippen molar-refractivity contribution in [2.45, 2.75) is 32.4 Å². The van der Waals surface area contributed by atoms with Crippen LogP contribution in [0.15, 0.2) is 30.6 Å². The van der Waals surface area contributed by atoms with E-state index in [0.717, 1.165) is 18.3 Å². The van der Waals surface area contributed by atoms with Gasteiger partial charge in [0.25, 0.3) is 0 Å². The van der Waals surface area contributed by atoms with E-state index in [4.69, 9.17) is 11.6 Å². The van der Waals surface area contributed by atoms with Crippen LogP contribution in [-0.4, -0.2) is 15.8 Å². The average molecular weight is 262 g/mol. The van der Waals surface area contributed by atoms with Crippen molar-refractivity contribution in [1.82, 2.24) is 15.1 Å². The monoisotopic (exact) mass is 261 g/mol. The van der Waals surface area contributed by atoms with Crippen LogP contribution in [0.1, 0.15) is 24.0 Å². The smallest absolute Gasteiger partial charge is 0.0790 e. The van der Waals surface area contributed by atoms with E-state index < -0.39 is 0 Å². The first-order valence-electron chi connectivity index (χ1n) is 6.26. The van der Waals surface area contributed by atoms with Gasteiger partial charge < -0.3 is 5.32 Å². The van der Waals surface area contributed by atoms with E-state index in [-0.39, 0.29) is 0 Å². The third-order valence-corrected chi connectivity index (χ3v) is 3.43. The van der Waals surface area contributed by atoms with E-state index in [1.165, 1.54) is 24.0 Å². The molecule has 0 bridgehead atoms. The number of benzene rings is 1. The van der Waals surface area contributed by atoms with Gasteiger partial charge in [0.15, 0.2) is 0 Å². The number of aryl methyl sites for hydroxylation is 1. The van der Waals surface area contributed by atoms with Gasteiger partial charge in [0.2, 0.25) is 0 Å². The highest BCUT2D eigenvalue weighted by Gasteiger charge is 2.19. The van der Waals surface area contributed by atoms with Crippen LogP contribution in [0.25, 0.3) is 5.69 Å². The summed E-state index contributed by atoms with van der Waals surface area (Å²) in [6.07, 6.45) is 6.13. The predicted molar refractivity (Wildman–Crippen MR) is 73.2 cm³/mol. The summed E-state index contributed by atoms with van der Waals surface area (Å²) in [5.74, 6) is 0. The van der Waals surface area contributed by atoms with Gasteiger partial charge in [0.1, 0.15) is 0 Å². The van der Waals surface area contributed by atoms with Crippen LogP contribution in [-0.2, 0) is 6.54 Å². The molecule has 0 saturated heterocycles. The SMILES string of the molecule is Cc1cc(CNC2CC2)ccc1-n1cc(Cl)cn1. The molecular weight excluding hydrogens is 246 g/mol. The van der Waals surface area contributed by atoms with Gasteiger partial charge in [-0.1, -0.05) is 23.7 Å². The summed E-state index contributed by atoms with van der Waals surface area (Å²) >= 11 is 5.89. The van der Waals surface area contributed by atoms with E-state index >= 15 is 0 Å². The number of rotatable bonds is 4. The van der Waals surface area contributed by atoms with Crippen molar-refractivity contribution in [2.75, 3.05) is 0 Å². The molecule has 1 fully saturated rings. The molecule has 3 rings (SSSR count). The lowest BCUT2D eigenvalue weighted by Crippen LogP contribution is -2.15. The molecule has 0 spiro atoms. The maximum atomic E-state index is 5.89. The van der Waals surface area contributed by atoms with Gasteiger partial charge in [0.05, 0.1) is 16.9 Å². The number of hydrogen-bond acceptors (Lipinski definition) is 2. The second-order valence-electron chi connectivity index (χ2n) is 4.88. The molecule has 1 aromatic carbocycles. The fraction of sp³-hybridized carbons (Fsp3) is 0.357. The molecular formula is C14H16ClN3. The van der Waals surface area contributed by atoms with Gasteiger partial charge in [-0.05, 0) is 37.0 Å². The largest absolute Gasteiger partial charge is 0.310 e. The Morgan fingerprint density at radius 2 is 2.28 bits per heavy atom. The molecule has 0 unspecified atom stereocenters. The minimum absolute atomic E-state index is 0.661. The Bertz CT molecular complexity index is 558. The molecule has 0 atom stereocenters. The zero-order valence-corrected chi connectivity index (χ0v) is 11.1. The normalized spacial score (nSPS) is 15.0. The molecule has 1 saturated carbocycles. The third kappa shape index (κ3) is 2.57. The topological polar surface area (TPSA) is 29.9 Å². The summed E-state index contributed by atoms with van der Waals surface area (Å²) in [5, 5.41) is 8.41. The molecule has 1 aliphatic carbocycles. The first-order chi connectivity index (χ1) is 8.72. The summed E-state index contributed by atoms with van der Waals surface area (Å²) in [6.45, 7) is 3.05. The third-order valence-electron chi connectivity index (χ3n) is 3.23. The standard InChI is InChI=1S/C14H16ClN3/c1-10-6-11(7-16-13-3-4-13)2-5-14(10)18-9-12(15)8-17-18/h2,5-6,8-9,13,16H,3-4,7H2,1H3. The van der Waals surface area contributed by atoms with Crippen molar-refractivity contribution in [1.29, 1.82) is 0 Å². The summed E-state index contributed by atoms with van der Waals surface area (Å²) in [6, 6.07) is 7.20. The number of hydrogen-bond donors (Lipinski definition) is 1.